The number of fused-ring (bicyclic) bond motifs is 3. The Bertz CT molecular complexity index is 800. The summed E-state index contributed by atoms with van der Waals surface area (Å²) in [5.41, 5.74) is 3.17. The van der Waals surface area contributed by atoms with Crippen LogP contribution in [0, 0.1) is 17.3 Å². The van der Waals surface area contributed by atoms with Crippen LogP contribution in [0.4, 0.5) is 0 Å². The molecule has 1 aliphatic heterocycles. The fourth-order valence-electron chi connectivity index (χ4n) is 2.45. The average molecular weight is 293 g/mol. The van der Waals surface area contributed by atoms with Crippen molar-refractivity contribution in [2.24, 2.45) is 5.41 Å². The Hall–Kier alpha value is -2.54. The molecular weight excluding hydrogens is 274 g/mol. The molecule has 0 radical (unpaired) electrons. The van der Waals surface area contributed by atoms with Crippen LogP contribution in [0.3, 0.4) is 0 Å². The molecule has 0 saturated carbocycles. The van der Waals surface area contributed by atoms with Crippen molar-refractivity contribution in [2.75, 3.05) is 7.05 Å². The molecule has 4 nitrogen and oxygen atoms in total. The highest BCUT2D eigenvalue weighted by Crippen LogP contribution is 2.25. The minimum atomic E-state index is -0.0825. The lowest BCUT2D eigenvalue weighted by atomic mass is 9.98. The number of carbonyl (C=O) groups is 1. The van der Waals surface area contributed by atoms with Gasteiger partial charge in [0, 0.05) is 12.5 Å². The number of carbonyl (C=O) groups excluding carboxylic acids is 1. The van der Waals surface area contributed by atoms with Crippen molar-refractivity contribution in [2.45, 2.75) is 27.3 Å². The van der Waals surface area contributed by atoms with E-state index >= 15 is 0 Å². The molecular formula is C18H19N3O. The summed E-state index contributed by atoms with van der Waals surface area (Å²) >= 11 is 0. The van der Waals surface area contributed by atoms with Gasteiger partial charge < -0.3 is 4.90 Å². The Balaban J connectivity index is 2.18. The van der Waals surface area contributed by atoms with Crippen LogP contribution in [-0.4, -0.2) is 27.4 Å². The molecule has 4 heteroatoms. The van der Waals surface area contributed by atoms with Gasteiger partial charge in [0.2, 0.25) is 0 Å². The van der Waals surface area contributed by atoms with E-state index in [1.165, 1.54) is 0 Å². The number of nitrogens with zero attached hydrogens (tertiary/aromatic N) is 3. The summed E-state index contributed by atoms with van der Waals surface area (Å²) in [6.45, 7) is 6.71. The molecule has 1 aromatic heterocycles. The summed E-state index contributed by atoms with van der Waals surface area (Å²) in [7, 11) is 1.81. The van der Waals surface area contributed by atoms with Crippen molar-refractivity contribution in [3.8, 4) is 17.5 Å². The molecule has 2 aromatic rings. The second kappa shape index (κ2) is 5.03. The largest absolute Gasteiger partial charge is 0.336 e. The number of benzene rings is 1. The van der Waals surface area contributed by atoms with Gasteiger partial charge in [-0.15, -0.1) is 0 Å². The summed E-state index contributed by atoms with van der Waals surface area (Å²) in [6.07, 6.45) is 1.76. The standard InChI is InChI=1S/C18H19N3O/c1-18(2,3)10-9-14-16-11-20(4)17(22)13-7-5-6-8-15(13)21(16)12-19-14/h5-8,12H,11H2,1-4H3. The first-order valence-electron chi connectivity index (χ1n) is 7.31. The number of hydrogen-bond acceptors (Lipinski definition) is 2. The van der Waals surface area contributed by atoms with Crippen LogP contribution in [0.5, 0.6) is 0 Å². The number of hydrogen-bond donors (Lipinski definition) is 0. The minimum absolute atomic E-state index is 0.0223. The Morgan fingerprint density at radius 2 is 1.95 bits per heavy atom. The van der Waals surface area contributed by atoms with E-state index in [0.29, 0.717) is 12.1 Å². The van der Waals surface area contributed by atoms with Crippen LogP contribution >= 0.6 is 0 Å². The molecule has 1 amide bonds. The number of imidazole rings is 1. The number of aromatic nitrogens is 2. The lowest BCUT2D eigenvalue weighted by Crippen LogP contribution is -2.25. The maximum absolute atomic E-state index is 12.5. The van der Waals surface area contributed by atoms with Crippen molar-refractivity contribution in [3.63, 3.8) is 0 Å². The fourth-order valence-corrected chi connectivity index (χ4v) is 2.45. The molecule has 0 fully saturated rings. The molecule has 0 saturated heterocycles. The number of rotatable bonds is 0. The Labute approximate surface area is 130 Å². The number of para-hydroxylation sites is 1. The first kappa shape index (κ1) is 14.4. The zero-order valence-corrected chi connectivity index (χ0v) is 13.3. The molecule has 3 rings (SSSR count). The normalized spacial score (nSPS) is 13.8. The van der Waals surface area contributed by atoms with Gasteiger partial charge in [0.05, 0.1) is 23.5 Å². The molecule has 112 valence electrons. The Morgan fingerprint density at radius 1 is 1.23 bits per heavy atom. The third-order valence-corrected chi connectivity index (χ3v) is 3.55. The minimum Gasteiger partial charge on any atom is -0.336 e. The maximum Gasteiger partial charge on any atom is 0.256 e. The van der Waals surface area contributed by atoms with Gasteiger partial charge in [0.1, 0.15) is 12.0 Å². The van der Waals surface area contributed by atoms with E-state index in [9.17, 15) is 4.79 Å². The van der Waals surface area contributed by atoms with E-state index in [1.54, 1.807) is 11.2 Å². The second-order valence-electron chi connectivity index (χ2n) is 6.59. The molecule has 0 aliphatic carbocycles. The highest BCUT2D eigenvalue weighted by Gasteiger charge is 2.25. The van der Waals surface area contributed by atoms with Gasteiger partial charge in [-0.3, -0.25) is 9.36 Å². The average Bonchev–Trinajstić information content (AvgIpc) is 2.82. The fraction of sp³-hybridized carbons (Fsp3) is 0.333. The third kappa shape index (κ3) is 2.50. The molecule has 0 unspecified atom stereocenters. The highest BCUT2D eigenvalue weighted by atomic mass is 16.2. The second-order valence-corrected chi connectivity index (χ2v) is 6.59. The predicted octanol–water partition coefficient (Wildman–Crippen LogP) is 2.86. The molecule has 1 aromatic carbocycles. The quantitative estimate of drug-likeness (QED) is 0.701. The molecule has 0 bridgehead atoms. The monoisotopic (exact) mass is 293 g/mol. The van der Waals surface area contributed by atoms with Gasteiger partial charge in [-0.1, -0.05) is 18.1 Å². The van der Waals surface area contributed by atoms with Gasteiger partial charge >= 0.3 is 0 Å². The molecule has 0 atom stereocenters. The smallest absolute Gasteiger partial charge is 0.256 e. The van der Waals surface area contributed by atoms with E-state index in [-0.39, 0.29) is 11.3 Å². The highest BCUT2D eigenvalue weighted by molar-refractivity contribution is 5.98. The van der Waals surface area contributed by atoms with Gasteiger partial charge in [-0.2, -0.15) is 0 Å². The summed E-state index contributed by atoms with van der Waals surface area (Å²) in [5, 5.41) is 0. The zero-order chi connectivity index (χ0) is 15.9. The van der Waals surface area contributed by atoms with E-state index in [0.717, 1.165) is 17.1 Å². The van der Waals surface area contributed by atoms with Crippen molar-refractivity contribution in [1.82, 2.24) is 14.5 Å². The third-order valence-electron chi connectivity index (χ3n) is 3.55. The van der Waals surface area contributed by atoms with Crippen molar-refractivity contribution >= 4 is 5.91 Å². The van der Waals surface area contributed by atoms with E-state index in [2.05, 4.69) is 37.6 Å². The van der Waals surface area contributed by atoms with Gasteiger partial charge in [-0.25, -0.2) is 4.98 Å². The molecule has 0 N–H and O–H groups in total. The SMILES string of the molecule is CN1Cc2c(C#CC(C)(C)C)ncn2-c2ccccc2C1=O. The summed E-state index contributed by atoms with van der Waals surface area (Å²) in [4.78, 5) is 18.6. The first-order valence-corrected chi connectivity index (χ1v) is 7.31. The van der Waals surface area contributed by atoms with Gasteiger partial charge in [0.15, 0.2) is 0 Å². The summed E-state index contributed by atoms with van der Waals surface area (Å²) in [6, 6.07) is 7.61. The van der Waals surface area contributed by atoms with E-state index < -0.39 is 0 Å². The van der Waals surface area contributed by atoms with Gasteiger partial charge in [0.25, 0.3) is 5.91 Å². The van der Waals surface area contributed by atoms with Crippen LogP contribution in [0.1, 0.15) is 42.5 Å². The van der Waals surface area contributed by atoms with Crippen LogP contribution in [0.15, 0.2) is 30.6 Å². The summed E-state index contributed by atoms with van der Waals surface area (Å²) < 4.78 is 1.98. The summed E-state index contributed by atoms with van der Waals surface area (Å²) in [5.74, 6) is 6.40. The molecule has 22 heavy (non-hydrogen) atoms. The van der Waals surface area contributed by atoms with Crippen LogP contribution in [-0.2, 0) is 6.54 Å². The molecule has 0 spiro atoms. The van der Waals surface area contributed by atoms with Crippen molar-refractivity contribution in [1.29, 1.82) is 0 Å². The topological polar surface area (TPSA) is 38.1 Å². The first-order chi connectivity index (χ1) is 10.4. The Kier molecular flexibility index (Phi) is 3.29. The Morgan fingerprint density at radius 3 is 2.68 bits per heavy atom. The van der Waals surface area contributed by atoms with Gasteiger partial charge in [-0.05, 0) is 38.8 Å². The molecule has 2 heterocycles. The van der Waals surface area contributed by atoms with E-state index in [1.807, 2.05) is 35.9 Å². The van der Waals surface area contributed by atoms with Crippen molar-refractivity contribution in [3.05, 3.63) is 47.5 Å². The maximum atomic E-state index is 12.5. The van der Waals surface area contributed by atoms with Crippen molar-refractivity contribution < 1.29 is 4.79 Å². The van der Waals surface area contributed by atoms with E-state index in [4.69, 9.17) is 0 Å². The van der Waals surface area contributed by atoms with Crippen LogP contribution < -0.4 is 0 Å². The predicted molar refractivity (Wildman–Crippen MR) is 85.7 cm³/mol. The zero-order valence-electron chi connectivity index (χ0n) is 13.3. The lowest BCUT2D eigenvalue weighted by Gasteiger charge is -2.14. The van der Waals surface area contributed by atoms with Crippen LogP contribution in [0.25, 0.3) is 5.69 Å². The lowest BCUT2D eigenvalue weighted by molar-refractivity contribution is 0.0788. The van der Waals surface area contributed by atoms with Crippen LogP contribution in [0.2, 0.25) is 0 Å². The number of amides is 1. The molecule has 1 aliphatic rings.